The summed E-state index contributed by atoms with van der Waals surface area (Å²) in [4.78, 5) is 14.6. The van der Waals surface area contributed by atoms with Crippen LogP contribution in [0.15, 0.2) is 48.7 Å². The Morgan fingerprint density at radius 2 is 2.08 bits per heavy atom. The average Bonchev–Trinajstić information content (AvgIpc) is 3.24. The summed E-state index contributed by atoms with van der Waals surface area (Å²) >= 11 is 0. The summed E-state index contributed by atoms with van der Waals surface area (Å²) in [5, 5.41) is 10.8. The second-order valence-corrected chi connectivity index (χ2v) is 6.07. The summed E-state index contributed by atoms with van der Waals surface area (Å²) in [6, 6.07) is 12.1. The smallest absolute Gasteiger partial charge is 0.229 e. The van der Waals surface area contributed by atoms with Crippen LogP contribution in [0.5, 0.6) is 0 Å². The number of benzene rings is 2. The van der Waals surface area contributed by atoms with Crippen molar-refractivity contribution in [1.82, 2.24) is 10.2 Å². The number of nitrogens with zero attached hydrogens (tertiary/aromatic N) is 2. The molecule has 2 heterocycles. The van der Waals surface area contributed by atoms with Gasteiger partial charge in [-0.3, -0.25) is 9.89 Å². The monoisotopic (exact) mass is 324 g/mol. The van der Waals surface area contributed by atoms with Crippen molar-refractivity contribution in [3.63, 3.8) is 0 Å². The molecule has 1 fully saturated rings. The number of H-pyrrole nitrogens is 1. The maximum absolute atomic E-state index is 13.0. The highest BCUT2D eigenvalue weighted by atomic mass is 19.1. The van der Waals surface area contributed by atoms with Crippen LogP contribution in [0.4, 0.5) is 15.8 Å². The van der Waals surface area contributed by atoms with Crippen molar-refractivity contribution >= 4 is 28.2 Å². The van der Waals surface area contributed by atoms with Gasteiger partial charge in [-0.1, -0.05) is 0 Å². The number of amides is 1. The maximum Gasteiger partial charge on any atom is 0.229 e. The molecule has 1 atom stereocenters. The zero-order valence-electron chi connectivity index (χ0n) is 13.0. The lowest BCUT2D eigenvalue weighted by molar-refractivity contribution is -0.119. The number of hydrogen-bond donors (Lipinski definition) is 2. The fourth-order valence-electron chi connectivity index (χ4n) is 3.13. The highest BCUT2D eigenvalue weighted by molar-refractivity contribution is 5.95. The fourth-order valence-corrected chi connectivity index (χ4v) is 3.13. The Morgan fingerprint density at radius 3 is 2.92 bits per heavy atom. The molecule has 1 aromatic heterocycles. The minimum absolute atomic E-state index is 0.0162. The van der Waals surface area contributed by atoms with Gasteiger partial charge in [0.1, 0.15) is 5.82 Å². The molecule has 3 aromatic rings. The number of halogens is 1. The molecule has 1 amide bonds. The number of carbonyl (C=O) groups is 1. The van der Waals surface area contributed by atoms with Gasteiger partial charge in [-0.2, -0.15) is 5.10 Å². The standard InChI is InChI=1S/C18H17FN4O/c19-14-1-4-16(5-2-14)23-8-7-12(11-23)18(24)21-15-3-6-17-13(9-15)10-20-22-17/h1-6,9-10,12H,7-8,11H2,(H,20,22)(H,21,24). The number of aromatic nitrogens is 2. The first-order valence-corrected chi connectivity index (χ1v) is 7.93. The molecular weight excluding hydrogens is 307 g/mol. The predicted octanol–water partition coefficient (Wildman–Crippen LogP) is 3.17. The predicted molar refractivity (Wildman–Crippen MR) is 91.4 cm³/mol. The molecule has 6 heteroatoms. The first-order valence-electron chi connectivity index (χ1n) is 7.93. The molecule has 0 spiro atoms. The van der Waals surface area contributed by atoms with Crippen molar-refractivity contribution < 1.29 is 9.18 Å². The van der Waals surface area contributed by atoms with E-state index in [4.69, 9.17) is 0 Å². The first-order chi connectivity index (χ1) is 11.7. The number of nitrogens with one attached hydrogen (secondary N) is 2. The summed E-state index contributed by atoms with van der Waals surface area (Å²) in [6.07, 6.45) is 2.52. The molecule has 24 heavy (non-hydrogen) atoms. The first kappa shape index (κ1) is 14.7. The average molecular weight is 324 g/mol. The molecular formula is C18H17FN4O. The van der Waals surface area contributed by atoms with E-state index in [0.717, 1.165) is 35.2 Å². The highest BCUT2D eigenvalue weighted by Crippen LogP contribution is 2.25. The third-order valence-electron chi connectivity index (χ3n) is 4.46. The van der Waals surface area contributed by atoms with Crippen LogP contribution in [-0.4, -0.2) is 29.2 Å². The Kier molecular flexibility index (Phi) is 3.65. The van der Waals surface area contributed by atoms with Crippen molar-refractivity contribution in [2.45, 2.75) is 6.42 Å². The van der Waals surface area contributed by atoms with Crippen molar-refractivity contribution in [2.24, 2.45) is 5.92 Å². The number of anilines is 2. The molecule has 2 aromatic carbocycles. The molecule has 4 rings (SSSR count). The lowest BCUT2D eigenvalue weighted by atomic mass is 10.1. The van der Waals surface area contributed by atoms with E-state index < -0.39 is 0 Å². The van der Waals surface area contributed by atoms with E-state index in [-0.39, 0.29) is 17.6 Å². The quantitative estimate of drug-likeness (QED) is 0.778. The van der Waals surface area contributed by atoms with Gasteiger partial charge in [0, 0.05) is 29.9 Å². The van der Waals surface area contributed by atoms with Crippen LogP contribution in [0.3, 0.4) is 0 Å². The molecule has 122 valence electrons. The second kappa shape index (κ2) is 5.96. The van der Waals surface area contributed by atoms with E-state index in [9.17, 15) is 9.18 Å². The summed E-state index contributed by atoms with van der Waals surface area (Å²) in [6.45, 7) is 1.44. The Morgan fingerprint density at radius 1 is 1.25 bits per heavy atom. The van der Waals surface area contributed by atoms with Gasteiger partial charge in [0.25, 0.3) is 0 Å². The Bertz CT molecular complexity index is 874. The summed E-state index contributed by atoms with van der Waals surface area (Å²) < 4.78 is 13.0. The minimum Gasteiger partial charge on any atom is -0.371 e. The van der Waals surface area contributed by atoms with Crippen LogP contribution >= 0.6 is 0 Å². The zero-order valence-corrected chi connectivity index (χ0v) is 13.0. The van der Waals surface area contributed by atoms with Crippen molar-refractivity contribution in [3.8, 4) is 0 Å². The Balaban J connectivity index is 1.42. The van der Waals surface area contributed by atoms with Gasteiger partial charge in [0.05, 0.1) is 17.6 Å². The second-order valence-electron chi connectivity index (χ2n) is 6.07. The van der Waals surface area contributed by atoms with Crippen LogP contribution < -0.4 is 10.2 Å². The van der Waals surface area contributed by atoms with E-state index in [1.165, 1.54) is 12.1 Å². The molecule has 1 aliphatic rings. The maximum atomic E-state index is 13.0. The number of hydrogen-bond acceptors (Lipinski definition) is 3. The van der Waals surface area contributed by atoms with E-state index in [1.807, 2.05) is 18.2 Å². The fraction of sp³-hybridized carbons (Fsp3) is 0.222. The minimum atomic E-state index is -0.248. The van der Waals surface area contributed by atoms with Gasteiger partial charge in [0.15, 0.2) is 0 Å². The van der Waals surface area contributed by atoms with Crippen LogP contribution in [-0.2, 0) is 4.79 Å². The molecule has 1 unspecified atom stereocenters. The molecule has 5 nitrogen and oxygen atoms in total. The van der Waals surface area contributed by atoms with Gasteiger partial charge >= 0.3 is 0 Å². The normalized spacial score (nSPS) is 17.4. The molecule has 2 N–H and O–H groups in total. The Hall–Kier alpha value is -2.89. The largest absolute Gasteiger partial charge is 0.371 e. The molecule has 0 bridgehead atoms. The van der Waals surface area contributed by atoms with Crippen LogP contribution in [0.25, 0.3) is 10.9 Å². The topological polar surface area (TPSA) is 61.0 Å². The lowest BCUT2D eigenvalue weighted by Crippen LogP contribution is -2.26. The molecule has 0 radical (unpaired) electrons. The Labute approximate surface area is 138 Å². The highest BCUT2D eigenvalue weighted by Gasteiger charge is 2.28. The SMILES string of the molecule is O=C(Nc1ccc2[nH]ncc2c1)C1CCN(c2ccc(F)cc2)C1. The van der Waals surface area contributed by atoms with E-state index in [2.05, 4.69) is 20.4 Å². The van der Waals surface area contributed by atoms with Crippen LogP contribution in [0.2, 0.25) is 0 Å². The summed E-state index contributed by atoms with van der Waals surface area (Å²) in [5.74, 6) is -0.306. The van der Waals surface area contributed by atoms with Crippen molar-refractivity contribution in [1.29, 1.82) is 0 Å². The molecule has 0 aliphatic carbocycles. The van der Waals surface area contributed by atoms with E-state index in [0.29, 0.717) is 6.54 Å². The van der Waals surface area contributed by atoms with Gasteiger partial charge in [-0.25, -0.2) is 4.39 Å². The van der Waals surface area contributed by atoms with Gasteiger partial charge in [-0.15, -0.1) is 0 Å². The van der Waals surface area contributed by atoms with Gasteiger partial charge < -0.3 is 10.2 Å². The third-order valence-corrected chi connectivity index (χ3v) is 4.46. The molecule has 0 saturated carbocycles. The number of aromatic amines is 1. The van der Waals surface area contributed by atoms with Gasteiger partial charge in [0.2, 0.25) is 5.91 Å². The molecule has 1 aliphatic heterocycles. The van der Waals surface area contributed by atoms with Gasteiger partial charge in [-0.05, 0) is 48.9 Å². The number of rotatable bonds is 3. The number of fused-ring (bicyclic) bond motifs is 1. The molecule has 1 saturated heterocycles. The van der Waals surface area contributed by atoms with E-state index >= 15 is 0 Å². The van der Waals surface area contributed by atoms with Crippen molar-refractivity contribution in [3.05, 3.63) is 54.5 Å². The van der Waals surface area contributed by atoms with Crippen LogP contribution in [0, 0.1) is 11.7 Å². The number of carbonyl (C=O) groups excluding carboxylic acids is 1. The summed E-state index contributed by atoms with van der Waals surface area (Å²) in [7, 11) is 0. The summed E-state index contributed by atoms with van der Waals surface area (Å²) in [5.41, 5.74) is 2.66. The van der Waals surface area contributed by atoms with Crippen LogP contribution in [0.1, 0.15) is 6.42 Å². The lowest BCUT2D eigenvalue weighted by Gasteiger charge is -2.18. The van der Waals surface area contributed by atoms with Crippen molar-refractivity contribution in [2.75, 3.05) is 23.3 Å². The zero-order chi connectivity index (χ0) is 16.5. The third kappa shape index (κ3) is 2.82. The van der Waals surface area contributed by atoms with E-state index in [1.54, 1.807) is 18.3 Å².